The molecule has 0 amide bonds. The van der Waals surface area contributed by atoms with Crippen LogP contribution in [0.15, 0.2) is 34.1 Å². The van der Waals surface area contributed by atoms with Gasteiger partial charge in [-0.1, -0.05) is 6.42 Å². The van der Waals surface area contributed by atoms with Gasteiger partial charge in [-0.25, -0.2) is 14.8 Å². The molecule has 33 heavy (non-hydrogen) atoms. The maximum absolute atomic E-state index is 12.0. The Hall–Kier alpha value is -2.49. The summed E-state index contributed by atoms with van der Waals surface area (Å²) in [5.74, 6) is 1.38. The minimum Gasteiger partial charge on any atom is -0.465 e. The first-order valence-electron chi connectivity index (χ1n) is 11.3. The van der Waals surface area contributed by atoms with Crippen molar-refractivity contribution in [3.05, 3.63) is 46.0 Å². The number of carbonyl (C=O) groups is 1. The van der Waals surface area contributed by atoms with E-state index in [1.807, 2.05) is 0 Å². The monoisotopic (exact) mass is 481 g/mol. The summed E-state index contributed by atoms with van der Waals surface area (Å²) >= 11 is 3.45. The fourth-order valence-corrected chi connectivity index (χ4v) is 5.95. The van der Waals surface area contributed by atoms with Crippen molar-refractivity contribution in [2.24, 2.45) is 0 Å². The van der Waals surface area contributed by atoms with Gasteiger partial charge in [-0.15, -0.1) is 11.8 Å². The van der Waals surface area contributed by atoms with Gasteiger partial charge in [0.1, 0.15) is 22.0 Å². The number of likely N-dealkylation sites (tertiary alicyclic amines) is 1. The van der Waals surface area contributed by atoms with E-state index in [1.165, 1.54) is 45.0 Å². The quantitative estimate of drug-likeness (QED) is 0.166. The highest BCUT2D eigenvalue weighted by Gasteiger charge is 2.18. The number of hydrogen-bond donors (Lipinski definition) is 1. The van der Waals surface area contributed by atoms with Crippen molar-refractivity contribution in [1.29, 1.82) is 0 Å². The van der Waals surface area contributed by atoms with Crippen molar-refractivity contribution in [1.82, 2.24) is 24.8 Å². The number of ether oxygens (including phenoxy) is 1. The zero-order valence-electron chi connectivity index (χ0n) is 18.7. The molecule has 0 atom stereocenters. The van der Waals surface area contributed by atoms with Gasteiger partial charge in [-0.05, 0) is 67.4 Å². The number of esters is 1. The van der Waals surface area contributed by atoms with Gasteiger partial charge >= 0.3 is 5.97 Å². The zero-order chi connectivity index (χ0) is 22.6. The van der Waals surface area contributed by atoms with Crippen LogP contribution in [0.25, 0.3) is 22.1 Å². The fourth-order valence-electron chi connectivity index (χ4n) is 4.30. The van der Waals surface area contributed by atoms with Crippen LogP contribution in [0.5, 0.6) is 0 Å². The Bertz CT molecular complexity index is 1250. The molecule has 0 unspecified atom stereocenters. The van der Waals surface area contributed by atoms with Crippen molar-refractivity contribution in [2.75, 3.05) is 32.5 Å². The molecule has 1 N–H and O–H groups in total. The van der Waals surface area contributed by atoms with Crippen LogP contribution < -0.4 is 0 Å². The number of thiophene rings is 1. The molecule has 4 aromatic rings. The average molecular weight is 482 g/mol. The van der Waals surface area contributed by atoms with E-state index in [2.05, 4.69) is 31.7 Å². The fraction of sp³-hybridized carbons (Fsp3) is 0.417. The Balaban J connectivity index is 1.44. The van der Waals surface area contributed by atoms with Crippen LogP contribution in [0.1, 0.15) is 47.4 Å². The second-order valence-corrected chi connectivity index (χ2v) is 10.2. The molecule has 1 aliphatic rings. The van der Waals surface area contributed by atoms with Crippen LogP contribution >= 0.6 is 23.1 Å². The molecular weight excluding hydrogens is 454 g/mol. The summed E-state index contributed by atoms with van der Waals surface area (Å²) in [5.41, 5.74) is 3.95. The van der Waals surface area contributed by atoms with E-state index in [1.54, 1.807) is 35.4 Å². The molecule has 1 aliphatic heterocycles. The minimum atomic E-state index is -0.403. The van der Waals surface area contributed by atoms with Crippen LogP contribution in [-0.4, -0.2) is 63.3 Å². The predicted molar refractivity (Wildman–Crippen MR) is 133 cm³/mol. The summed E-state index contributed by atoms with van der Waals surface area (Å²) in [6, 6.07) is 3.89. The van der Waals surface area contributed by atoms with E-state index < -0.39 is 5.97 Å². The maximum atomic E-state index is 12.0. The molecule has 0 saturated carbocycles. The Labute approximate surface area is 201 Å². The lowest BCUT2D eigenvalue weighted by molar-refractivity contribution is 0.0600. The lowest BCUT2D eigenvalue weighted by Crippen LogP contribution is -2.30. The maximum Gasteiger partial charge on any atom is 0.339 e. The smallest absolute Gasteiger partial charge is 0.339 e. The molecule has 0 aromatic carbocycles. The third-order valence-electron chi connectivity index (χ3n) is 5.97. The lowest BCUT2D eigenvalue weighted by atomic mass is 10.1. The number of carbonyl (C=O) groups excluding carboxylic acids is 1. The number of pyridine rings is 1. The van der Waals surface area contributed by atoms with E-state index in [-0.39, 0.29) is 0 Å². The predicted octanol–water partition coefficient (Wildman–Crippen LogP) is 4.91. The molecule has 1 fully saturated rings. The Morgan fingerprint density at radius 2 is 2.15 bits per heavy atom. The van der Waals surface area contributed by atoms with E-state index in [0.29, 0.717) is 12.0 Å². The third-order valence-corrected chi connectivity index (χ3v) is 7.76. The Morgan fingerprint density at radius 1 is 1.27 bits per heavy atom. The molecule has 172 valence electrons. The molecule has 9 heteroatoms. The number of fused-ring (bicyclic) bond motifs is 3. The van der Waals surface area contributed by atoms with Crippen LogP contribution in [0.2, 0.25) is 0 Å². The number of hydrogen-bond acceptors (Lipinski definition) is 8. The highest BCUT2D eigenvalue weighted by atomic mass is 32.2. The normalized spacial score (nSPS) is 14.8. The summed E-state index contributed by atoms with van der Waals surface area (Å²) in [5, 5.41) is 6.09. The van der Waals surface area contributed by atoms with Gasteiger partial charge in [0.05, 0.1) is 23.6 Å². The second-order valence-electron chi connectivity index (χ2n) is 8.32. The molecule has 7 nitrogen and oxygen atoms in total. The molecular formula is C24H27N5O2S2. The summed E-state index contributed by atoms with van der Waals surface area (Å²) in [6.45, 7) is 3.59. The zero-order valence-corrected chi connectivity index (χ0v) is 20.3. The summed E-state index contributed by atoms with van der Waals surface area (Å²) in [6.07, 6.45) is 7.38. The number of piperidine rings is 1. The highest BCUT2D eigenvalue weighted by molar-refractivity contribution is 7.99. The van der Waals surface area contributed by atoms with Gasteiger partial charge in [0.15, 0.2) is 0 Å². The topological polar surface area (TPSA) is 84.0 Å². The highest BCUT2D eigenvalue weighted by Crippen LogP contribution is 2.32. The molecule has 1 saturated heterocycles. The van der Waals surface area contributed by atoms with Crippen LogP contribution in [0, 0.1) is 0 Å². The molecule has 0 spiro atoms. The van der Waals surface area contributed by atoms with Crippen LogP contribution in [0.3, 0.4) is 0 Å². The summed E-state index contributed by atoms with van der Waals surface area (Å²) in [4.78, 5) is 32.2. The minimum absolute atomic E-state index is 0.403. The standard InChI is InChI=1S/C24H27N5O2S2/c1-31-24(30)17-13-18-21(25-14-17)20-22(26-18)27-19(12-16-6-11-32-15-16)28-23(20)33-10-5-9-29-7-3-2-4-8-29/h6,11,13-15H,2-5,7-10,12H2,1H3,(H,26,27,28). The van der Waals surface area contributed by atoms with Crippen molar-refractivity contribution in [2.45, 2.75) is 37.1 Å². The first-order chi connectivity index (χ1) is 16.2. The van der Waals surface area contributed by atoms with Gasteiger partial charge in [-0.3, -0.25) is 4.98 Å². The third kappa shape index (κ3) is 5.05. The van der Waals surface area contributed by atoms with Gasteiger partial charge in [0.2, 0.25) is 0 Å². The number of H-pyrrole nitrogens is 1. The largest absolute Gasteiger partial charge is 0.465 e. The average Bonchev–Trinajstić information content (AvgIpc) is 3.48. The van der Waals surface area contributed by atoms with E-state index >= 15 is 0 Å². The van der Waals surface area contributed by atoms with Gasteiger partial charge in [0.25, 0.3) is 0 Å². The van der Waals surface area contributed by atoms with E-state index in [0.717, 1.165) is 51.6 Å². The molecule has 4 aromatic heterocycles. The summed E-state index contributed by atoms with van der Waals surface area (Å²) in [7, 11) is 1.37. The van der Waals surface area contributed by atoms with Crippen LogP contribution in [0.4, 0.5) is 0 Å². The van der Waals surface area contributed by atoms with E-state index in [4.69, 9.17) is 14.7 Å². The molecule has 5 heterocycles. The van der Waals surface area contributed by atoms with Gasteiger partial charge in [0, 0.05) is 18.4 Å². The number of aromatic amines is 1. The van der Waals surface area contributed by atoms with Crippen LogP contribution in [-0.2, 0) is 11.2 Å². The Kier molecular flexibility index (Phi) is 6.89. The number of thioether (sulfide) groups is 1. The van der Waals surface area contributed by atoms with Crippen molar-refractivity contribution in [3.63, 3.8) is 0 Å². The molecule has 5 rings (SSSR count). The first-order valence-corrected chi connectivity index (χ1v) is 13.3. The van der Waals surface area contributed by atoms with Gasteiger partial charge in [-0.2, -0.15) is 11.3 Å². The molecule has 0 radical (unpaired) electrons. The van der Waals surface area contributed by atoms with Crippen molar-refractivity contribution < 1.29 is 9.53 Å². The second kappa shape index (κ2) is 10.2. The lowest BCUT2D eigenvalue weighted by Gasteiger charge is -2.26. The number of nitrogens with one attached hydrogen (secondary N) is 1. The molecule has 0 bridgehead atoms. The molecule has 0 aliphatic carbocycles. The van der Waals surface area contributed by atoms with Crippen molar-refractivity contribution in [3.8, 4) is 0 Å². The Morgan fingerprint density at radius 3 is 2.94 bits per heavy atom. The first kappa shape index (κ1) is 22.3. The number of nitrogens with zero attached hydrogens (tertiary/aromatic N) is 4. The van der Waals surface area contributed by atoms with E-state index in [9.17, 15) is 4.79 Å². The number of aromatic nitrogens is 4. The SMILES string of the molecule is COC(=O)c1cnc2c(c1)[nH]c1nc(Cc3ccsc3)nc(SCCCN3CCCCC3)c12. The van der Waals surface area contributed by atoms with Gasteiger partial charge < -0.3 is 14.6 Å². The number of rotatable bonds is 8. The summed E-state index contributed by atoms with van der Waals surface area (Å²) < 4.78 is 4.85. The van der Waals surface area contributed by atoms with Crippen molar-refractivity contribution >= 4 is 51.1 Å². The number of methoxy groups -OCH3 is 1.